The predicted octanol–water partition coefficient (Wildman–Crippen LogP) is 1.97. The molecule has 0 N–H and O–H groups in total. The van der Waals surface area contributed by atoms with E-state index in [0.717, 1.165) is 0 Å². The van der Waals surface area contributed by atoms with Gasteiger partial charge in [-0.05, 0) is 12.0 Å². The van der Waals surface area contributed by atoms with Gasteiger partial charge in [-0.1, -0.05) is 26.5 Å². The Morgan fingerprint density at radius 3 is 2.42 bits per heavy atom. The van der Waals surface area contributed by atoms with Crippen molar-refractivity contribution in [2.24, 2.45) is 5.92 Å². The van der Waals surface area contributed by atoms with Gasteiger partial charge in [-0.2, -0.15) is 0 Å². The quantitative estimate of drug-likeness (QED) is 0.447. The molecule has 0 saturated heterocycles. The molecular weight excluding hydrogens is 152 g/mol. The summed E-state index contributed by atoms with van der Waals surface area (Å²) in [5.41, 5.74) is 0. The SMILES string of the molecule is C=CC(=O)COC(C=C)C(C)C. The number of carbonyl (C=O) groups excluding carboxylic acids is 1. The standard InChI is InChI=1S/C10H16O2/c1-5-9(11)7-12-10(6-2)8(3)4/h5-6,8,10H,1-2,7H2,3-4H3. The van der Waals surface area contributed by atoms with Crippen LogP contribution in [0.2, 0.25) is 0 Å². The Hall–Kier alpha value is -0.890. The van der Waals surface area contributed by atoms with Crippen LogP contribution in [-0.4, -0.2) is 18.5 Å². The zero-order valence-corrected chi connectivity index (χ0v) is 7.75. The van der Waals surface area contributed by atoms with Gasteiger partial charge in [-0.25, -0.2) is 0 Å². The molecule has 0 rings (SSSR count). The van der Waals surface area contributed by atoms with Crippen molar-refractivity contribution >= 4 is 5.78 Å². The molecule has 2 heteroatoms. The van der Waals surface area contributed by atoms with Gasteiger partial charge in [-0.3, -0.25) is 4.79 Å². The van der Waals surface area contributed by atoms with Crippen molar-refractivity contribution in [3.05, 3.63) is 25.3 Å². The van der Waals surface area contributed by atoms with E-state index in [1.54, 1.807) is 6.08 Å². The summed E-state index contributed by atoms with van der Waals surface area (Å²) in [5, 5.41) is 0. The highest BCUT2D eigenvalue weighted by atomic mass is 16.5. The topological polar surface area (TPSA) is 26.3 Å². The minimum Gasteiger partial charge on any atom is -0.366 e. The number of ether oxygens (including phenoxy) is 1. The van der Waals surface area contributed by atoms with Crippen LogP contribution in [0.4, 0.5) is 0 Å². The number of carbonyl (C=O) groups is 1. The Morgan fingerprint density at radius 2 is 2.08 bits per heavy atom. The van der Waals surface area contributed by atoms with Crippen LogP contribution in [0.3, 0.4) is 0 Å². The highest BCUT2D eigenvalue weighted by Crippen LogP contribution is 2.06. The van der Waals surface area contributed by atoms with E-state index < -0.39 is 0 Å². The average Bonchev–Trinajstić information content (AvgIpc) is 2.04. The van der Waals surface area contributed by atoms with Gasteiger partial charge >= 0.3 is 0 Å². The Labute approximate surface area is 73.9 Å². The van der Waals surface area contributed by atoms with E-state index in [9.17, 15) is 4.79 Å². The second-order valence-electron chi connectivity index (χ2n) is 2.93. The minimum atomic E-state index is -0.0949. The number of ketones is 1. The van der Waals surface area contributed by atoms with Crippen molar-refractivity contribution < 1.29 is 9.53 Å². The summed E-state index contributed by atoms with van der Waals surface area (Å²) < 4.78 is 5.27. The first-order valence-corrected chi connectivity index (χ1v) is 4.01. The maximum Gasteiger partial charge on any atom is 0.180 e. The summed E-state index contributed by atoms with van der Waals surface area (Å²) in [6, 6.07) is 0. The molecular formula is C10H16O2. The summed E-state index contributed by atoms with van der Waals surface area (Å²) in [6.45, 7) is 11.1. The van der Waals surface area contributed by atoms with Gasteiger partial charge in [0, 0.05) is 0 Å². The minimum absolute atomic E-state index is 0.0473. The molecule has 0 aromatic carbocycles. The van der Waals surface area contributed by atoms with Crippen LogP contribution < -0.4 is 0 Å². The van der Waals surface area contributed by atoms with E-state index >= 15 is 0 Å². The molecule has 0 bridgehead atoms. The van der Waals surface area contributed by atoms with Crippen molar-refractivity contribution in [2.75, 3.05) is 6.61 Å². The Morgan fingerprint density at radius 1 is 1.50 bits per heavy atom. The summed E-state index contributed by atoms with van der Waals surface area (Å²) >= 11 is 0. The van der Waals surface area contributed by atoms with Crippen LogP contribution in [0, 0.1) is 5.92 Å². The monoisotopic (exact) mass is 168 g/mol. The molecule has 1 atom stereocenters. The molecule has 0 aliphatic carbocycles. The largest absolute Gasteiger partial charge is 0.366 e. The van der Waals surface area contributed by atoms with Crippen molar-refractivity contribution in [2.45, 2.75) is 20.0 Å². The van der Waals surface area contributed by atoms with Crippen molar-refractivity contribution in [3.8, 4) is 0 Å². The van der Waals surface area contributed by atoms with Crippen LogP contribution >= 0.6 is 0 Å². The van der Waals surface area contributed by atoms with Crippen molar-refractivity contribution in [3.63, 3.8) is 0 Å². The summed E-state index contributed by atoms with van der Waals surface area (Å²) in [6.07, 6.45) is 2.93. The maximum absolute atomic E-state index is 10.8. The third-order valence-electron chi connectivity index (χ3n) is 1.54. The second kappa shape index (κ2) is 5.72. The molecule has 12 heavy (non-hydrogen) atoms. The third-order valence-corrected chi connectivity index (χ3v) is 1.54. The van der Waals surface area contributed by atoms with Crippen LogP contribution in [0.1, 0.15) is 13.8 Å². The molecule has 1 unspecified atom stereocenters. The molecule has 68 valence electrons. The molecule has 0 aromatic heterocycles. The Balaban J connectivity index is 3.80. The molecule has 0 aliphatic rings. The van der Waals surface area contributed by atoms with Gasteiger partial charge in [-0.15, -0.1) is 6.58 Å². The third kappa shape index (κ3) is 4.09. The molecule has 0 saturated carbocycles. The molecule has 0 aliphatic heterocycles. The van der Waals surface area contributed by atoms with Crippen LogP contribution in [0.15, 0.2) is 25.3 Å². The van der Waals surface area contributed by atoms with Gasteiger partial charge in [0.2, 0.25) is 0 Å². The fourth-order valence-electron chi connectivity index (χ4n) is 0.770. The molecule has 0 spiro atoms. The van der Waals surface area contributed by atoms with Gasteiger partial charge in [0.1, 0.15) is 6.61 Å². The lowest BCUT2D eigenvalue weighted by Gasteiger charge is -2.16. The van der Waals surface area contributed by atoms with E-state index in [0.29, 0.717) is 5.92 Å². The molecule has 0 amide bonds. The molecule has 2 nitrogen and oxygen atoms in total. The van der Waals surface area contributed by atoms with E-state index in [2.05, 4.69) is 13.2 Å². The Bertz CT molecular complexity index is 171. The lowest BCUT2D eigenvalue weighted by Crippen LogP contribution is -2.20. The summed E-state index contributed by atoms with van der Waals surface area (Å²) in [4.78, 5) is 10.8. The smallest absolute Gasteiger partial charge is 0.180 e. The molecule has 0 fully saturated rings. The number of hydrogen-bond acceptors (Lipinski definition) is 2. The highest BCUT2D eigenvalue weighted by Gasteiger charge is 2.09. The fraction of sp³-hybridized carbons (Fsp3) is 0.500. The van der Waals surface area contributed by atoms with Crippen LogP contribution in [0.5, 0.6) is 0 Å². The zero-order valence-electron chi connectivity index (χ0n) is 7.75. The zero-order chi connectivity index (χ0) is 9.56. The summed E-state index contributed by atoms with van der Waals surface area (Å²) in [5.74, 6) is 0.252. The van der Waals surface area contributed by atoms with Gasteiger partial charge < -0.3 is 4.74 Å². The lowest BCUT2D eigenvalue weighted by atomic mass is 10.1. The van der Waals surface area contributed by atoms with Crippen molar-refractivity contribution in [1.29, 1.82) is 0 Å². The van der Waals surface area contributed by atoms with Crippen LogP contribution in [-0.2, 0) is 9.53 Å². The number of rotatable bonds is 6. The lowest BCUT2D eigenvalue weighted by molar-refractivity contribution is -0.120. The van der Waals surface area contributed by atoms with E-state index in [-0.39, 0.29) is 18.5 Å². The van der Waals surface area contributed by atoms with Gasteiger partial charge in [0.25, 0.3) is 0 Å². The first-order chi connectivity index (χ1) is 5.61. The first kappa shape index (κ1) is 11.1. The molecule has 0 heterocycles. The number of hydrogen-bond donors (Lipinski definition) is 0. The first-order valence-electron chi connectivity index (χ1n) is 4.01. The average molecular weight is 168 g/mol. The fourth-order valence-corrected chi connectivity index (χ4v) is 0.770. The van der Waals surface area contributed by atoms with Gasteiger partial charge in [0.15, 0.2) is 5.78 Å². The van der Waals surface area contributed by atoms with E-state index in [1.165, 1.54) is 6.08 Å². The van der Waals surface area contributed by atoms with Crippen LogP contribution in [0.25, 0.3) is 0 Å². The van der Waals surface area contributed by atoms with E-state index in [1.807, 2.05) is 13.8 Å². The molecule has 0 aromatic rings. The predicted molar refractivity (Wildman–Crippen MR) is 50.0 cm³/mol. The summed E-state index contributed by atoms with van der Waals surface area (Å²) in [7, 11) is 0. The normalized spacial score (nSPS) is 12.6. The highest BCUT2D eigenvalue weighted by molar-refractivity contribution is 5.90. The van der Waals surface area contributed by atoms with Crippen molar-refractivity contribution in [1.82, 2.24) is 0 Å². The Kier molecular flexibility index (Phi) is 5.30. The maximum atomic E-state index is 10.8. The van der Waals surface area contributed by atoms with Gasteiger partial charge in [0.05, 0.1) is 6.10 Å². The second-order valence-corrected chi connectivity index (χ2v) is 2.93. The molecule has 0 radical (unpaired) electrons. The van der Waals surface area contributed by atoms with E-state index in [4.69, 9.17) is 4.74 Å².